The molecule has 1 N–H and O–H groups in total. The second-order valence-corrected chi connectivity index (χ2v) is 6.99. The van der Waals surface area contributed by atoms with Gasteiger partial charge in [0.15, 0.2) is 0 Å². The summed E-state index contributed by atoms with van der Waals surface area (Å²) in [6.07, 6.45) is 4.03. The number of aliphatic hydroxyl groups is 1. The Kier molecular flexibility index (Phi) is 3.95. The van der Waals surface area contributed by atoms with E-state index in [0.717, 1.165) is 12.8 Å². The lowest BCUT2D eigenvalue weighted by Crippen LogP contribution is -2.24. The van der Waals surface area contributed by atoms with Crippen molar-refractivity contribution in [3.63, 3.8) is 0 Å². The van der Waals surface area contributed by atoms with Crippen molar-refractivity contribution in [2.45, 2.75) is 51.6 Å². The maximum atomic E-state index is 10.7. The number of aryl methyl sites for hydroxylation is 3. The van der Waals surface area contributed by atoms with Gasteiger partial charge in [0.05, 0.1) is 6.10 Å². The third-order valence-corrected chi connectivity index (χ3v) is 5.58. The number of rotatable bonds is 3. The van der Waals surface area contributed by atoms with Crippen LogP contribution in [0.1, 0.15) is 45.9 Å². The largest absolute Gasteiger partial charge is 0.392 e. The van der Waals surface area contributed by atoms with Gasteiger partial charge >= 0.3 is 0 Å². The molecule has 0 aliphatic heterocycles. The summed E-state index contributed by atoms with van der Waals surface area (Å²) in [4.78, 5) is 1.49. The monoisotopic (exact) mass is 286 g/mol. The molecule has 1 heterocycles. The Morgan fingerprint density at radius 1 is 1.25 bits per heavy atom. The van der Waals surface area contributed by atoms with E-state index in [1.54, 1.807) is 0 Å². The van der Waals surface area contributed by atoms with Crippen molar-refractivity contribution in [3.8, 4) is 0 Å². The number of thiophene rings is 1. The SMILES string of the molecule is Cc1ccc(CC(O)C2CCCc3sccc32)cc1C. The Labute approximate surface area is 125 Å². The normalized spacial score (nSPS) is 19.6. The Morgan fingerprint density at radius 2 is 2.10 bits per heavy atom. The van der Waals surface area contributed by atoms with Crippen LogP contribution in [0.15, 0.2) is 29.6 Å². The van der Waals surface area contributed by atoms with Crippen LogP contribution in [0, 0.1) is 13.8 Å². The molecule has 0 bridgehead atoms. The van der Waals surface area contributed by atoms with Crippen LogP contribution in [0.2, 0.25) is 0 Å². The minimum absolute atomic E-state index is 0.259. The van der Waals surface area contributed by atoms with Crippen LogP contribution in [-0.4, -0.2) is 11.2 Å². The molecule has 1 aliphatic rings. The van der Waals surface area contributed by atoms with Crippen molar-refractivity contribution in [1.29, 1.82) is 0 Å². The van der Waals surface area contributed by atoms with Crippen LogP contribution >= 0.6 is 11.3 Å². The highest BCUT2D eigenvalue weighted by Crippen LogP contribution is 2.37. The van der Waals surface area contributed by atoms with Crippen molar-refractivity contribution in [1.82, 2.24) is 0 Å². The van der Waals surface area contributed by atoms with E-state index < -0.39 is 0 Å². The van der Waals surface area contributed by atoms with Crippen molar-refractivity contribution in [2.75, 3.05) is 0 Å². The number of benzene rings is 1. The summed E-state index contributed by atoms with van der Waals surface area (Å²) in [7, 11) is 0. The average Bonchev–Trinajstić information content (AvgIpc) is 2.91. The Morgan fingerprint density at radius 3 is 2.90 bits per heavy atom. The van der Waals surface area contributed by atoms with Crippen LogP contribution < -0.4 is 0 Å². The lowest BCUT2D eigenvalue weighted by atomic mass is 9.81. The van der Waals surface area contributed by atoms with Crippen molar-refractivity contribution >= 4 is 11.3 Å². The zero-order valence-electron chi connectivity index (χ0n) is 12.2. The van der Waals surface area contributed by atoms with E-state index in [4.69, 9.17) is 0 Å². The Bertz CT molecular complexity index is 599. The highest BCUT2D eigenvalue weighted by atomic mass is 32.1. The maximum Gasteiger partial charge on any atom is 0.0649 e. The van der Waals surface area contributed by atoms with Crippen LogP contribution in [0.25, 0.3) is 0 Å². The topological polar surface area (TPSA) is 20.2 Å². The van der Waals surface area contributed by atoms with E-state index in [0.29, 0.717) is 5.92 Å². The first kappa shape index (κ1) is 13.8. The first-order valence-electron chi connectivity index (χ1n) is 7.45. The minimum atomic E-state index is -0.259. The average molecular weight is 286 g/mol. The second kappa shape index (κ2) is 5.71. The molecular weight excluding hydrogens is 264 g/mol. The lowest BCUT2D eigenvalue weighted by molar-refractivity contribution is 0.135. The van der Waals surface area contributed by atoms with E-state index in [1.165, 1.54) is 40.0 Å². The molecule has 1 aliphatic carbocycles. The fourth-order valence-electron chi connectivity index (χ4n) is 3.24. The van der Waals surface area contributed by atoms with Gasteiger partial charge in [0.2, 0.25) is 0 Å². The third kappa shape index (κ3) is 2.68. The smallest absolute Gasteiger partial charge is 0.0649 e. The summed E-state index contributed by atoms with van der Waals surface area (Å²) < 4.78 is 0. The molecule has 2 unspecified atom stereocenters. The molecular formula is C18H22OS. The van der Waals surface area contributed by atoms with Crippen LogP contribution in [0.5, 0.6) is 0 Å². The first-order valence-corrected chi connectivity index (χ1v) is 8.33. The fraction of sp³-hybridized carbons (Fsp3) is 0.444. The fourth-order valence-corrected chi connectivity index (χ4v) is 4.23. The first-order chi connectivity index (χ1) is 9.65. The van der Waals surface area contributed by atoms with Gasteiger partial charge in [-0.2, -0.15) is 0 Å². The van der Waals surface area contributed by atoms with Gasteiger partial charge in [-0.05, 0) is 73.2 Å². The zero-order valence-corrected chi connectivity index (χ0v) is 13.0. The molecule has 0 saturated heterocycles. The van der Waals surface area contributed by atoms with E-state index >= 15 is 0 Å². The standard InChI is InChI=1S/C18H22OS/c1-12-6-7-14(10-13(12)2)11-17(19)15-4-3-5-18-16(15)8-9-20-18/h6-10,15,17,19H,3-5,11H2,1-2H3. The van der Waals surface area contributed by atoms with Crippen LogP contribution in [0.3, 0.4) is 0 Å². The Hall–Kier alpha value is -1.12. The van der Waals surface area contributed by atoms with Gasteiger partial charge < -0.3 is 5.11 Å². The third-order valence-electron chi connectivity index (χ3n) is 4.58. The van der Waals surface area contributed by atoms with E-state index in [1.807, 2.05) is 11.3 Å². The van der Waals surface area contributed by atoms with E-state index in [9.17, 15) is 5.11 Å². The van der Waals surface area contributed by atoms with Gasteiger partial charge in [0.1, 0.15) is 0 Å². The van der Waals surface area contributed by atoms with Gasteiger partial charge in [-0.15, -0.1) is 11.3 Å². The summed E-state index contributed by atoms with van der Waals surface area (Å²) in [5.41, 5.74) is 5.29. The van der Waals surface area contributed by atoms with E-state index in [-0.39, 0.29) is 6.10 Å². The molecule has 1 aromatic heterocycles. The number of fused-ring (bicyclic) bond motifs is 1. The molecule has 20 heavy (non-hydrogen) atoms. The molecule has 0 radical (unpaired) electrons. The summed E-state index contributed by atoms with van der Waals surface area (Å²) in [5.74, 6) is 0.326. The van der Waals surface area contributed by atoms with Crippen LogP contribution in [-0.2, 0) is 12.8 Å². The number of aliphatic hydroxyl groups excluding tert-OH is 1. The molecule has 2 aromatic rings. The second-order valence-electron chi connectivity index (χ2n) is 5.99. The van der Waals surface area contributed by atoms with Gasteiger partial charge in [-0.1, -0.05) is 18.2 Å². The van der Waals surface area contributed by atoms with Gasteiger partial charge in [0, 0.05) is 10.8 Å². The molecule has 2 atom stereocenters. The number of hydrogen-bond acceptors (Lipinski definition) is 2. The van der Waals surface area contributed by atoms with E-state index in [2.05, 4.69) is 43.5 Å². The summed E-state index contributed by atoms with van der Waals surface area (Å²) in [5, 5.41) is 12.8. The van der Waals surface area contributed by atoms with Crippen molar-refractivity contribution in [3.05, 3.63) is 56.8 Å². The molecule has 0 spiro atoms. The maximum absolute atomic E-state index is 10.7. The van der Waals surface area contributed by atoms with Crippen molar-refractivity contribution < 1.29 is 5.11 Å². The molecule has 3 rings (SSSR count). The summed E-state index contributed by atoms with van der Waals surface area (Å²) in [6, 6.07) is 8.75. The Balaban J connectivity index is 1.77. The molecule has 0 amide bonds. The predicted octanol–water partition coefficient (Wildman–Crippen LogP) is 4.39. The molecule has 0 saturated carbocycles. The van der Waals surface area contributed by atoms with Gasteiger partial charge in [0.25, 0.3) is 0 Å². The van der Waals surface area contributed by atoms with Gasteiger partial charge in [-0.3, -0.25) is 0 Å². The quantitative estimate of drug-likeness (QED) is 0.887. The highest BCUT2D eigenvalue weighted by Gasteiger charge is 2.27. The van der Waals surface area contributed by atoms with Crippen LogP contribution in [0.4, 0.5) is 0 Å². The molecule has 1 aromatic carbocycles. The van der Waals surface area contributed by atoms with Gasteiger partial charge in [-0.25, -0.2) is 0 Å². The molecule has 106 valence electrons. The lowest BCUT2D eigenvalue weighted by Gasteiger charge is -2.27. The highest BCUT2D eigenvalue weighted by molar-refractivity contribution is 7.10. The summed E-state index contributed by atoms with van der Waals surface area (Å²) in [6.45, 7) is 4.27. The molecule has 2 heteroatoms. The zero-order chi connectivity index (χ0) is 14.1. The molecule has 0 fully saturated rings. The predicted molar refractivity (Wildman–Crippen MR) is 85.6 cm³/mol. The minimum Gasteiger partial charge on any atom is -0.392 e. The summed E-state index contributed by atoms with van der Waals surface area (Å²) >= 11 is 1.85. The van der Waals surface area contributed by atoms with Crippen molar-refractivity contribution in [2.24, 2.45) is 0 Å². The molecule has 1 nitrogen and oxygen atoms in total. The number of hydrogen-bond donors (Lipinski definition) is 1.